The first-order valence-electron chi connectivity index (χ1n) is 7.31. The van der Waals surface area contributed by atoms with E-state index in [1.165, 1.54) is 11.8 Å². The van der Waals surface area contributed by atoms with E-state index in [2.05, 4.69) is 31.0 Å². The fraction of sp³-hybridized carbons (Fsp3) is 0.250. The number of esters is 1. The lowest BCUT2D eigenvalue weighted by Crippen LogP contribution is -2.16. The van der Waals surface area contributed by atoms with Crippen molar-refractivity contribution in [2.45, 2.75) is 25.4 Å². The molecule has 3 aromatic rings. The molecule has 1 aromatic carbocycles. The van der Waals surface area contributed by atoms with Crippen LogP contribution in [0.15, 0.2) is 27.8 Å². The van der Waals surface area contributed by atoms with Gasteiger partial charge in [0.15, 0.2) is 0 Å². The van der Waals surface area contributed by atoms with E-state index in [1.807, 2.05) is 20.1 Å². The summed E-state index contributed by atoms with van der Waals surface area (Å²) in [6.07, 6.45) is 1.99. The lowest BCUT2D eigenvalue weighted by atomic mass is 10.1. The predicted octanol–water partition coefficient (Wildman–Crippen LogP) is 4.03. The van der Waals surface area contributed by atoms with Crippen molar-refractivity contribution < 1.29 is 9.53 Å². The van der Waals surface area contributed by atoms with Crippen LogP contribution in [0.25, 0.3) is 5.78 Å². The molecule has 0 N–H and O–H groups in total. The van der Waals surface area contributed by atoms with Gasteiger partial charge in [0.1, 0.15) is 5.75 Å². The normalized spacial score (nSPS) is 11.1. The third-order valence-electron chi connectivity index (χ3n) is 3.65. The Balaban J connectivity index is 1.87. The second kappa shape index (κ2) is 7.31. The van der Waals surface area contributed by atoms with Gasteiger partial charge in [-0.1, -0.05) is 23.4 Å². The number of benzene rings is 1. The van der Waals surface area contributed by atoms with Crippen molar-refractivity contribution in [2.24, 2.45) is 0 Å². The summed E-state index contributed by atoms with van der Waals surface area (Å²) in [6, 6.07) is 4.99. The number of fused-ring (bicyclic) bond motifs is 1. The molecule has 3 rings (SSSR count). The summed E-state index contributed by atoms with van der Waals surface area (Å²) in [5.74, 6) is 0.557. The Hall–Kier alpha value is -1.64. The van der Waals surface area contributed by atoms with Crippen LogP contribution in [0.5, 0.6) is 5.75 Å². The molecular formula is C16H14BrClN4O2S. The van der Waals surface area contributed by atoms with Gasteiger partial charge in [-0.25, -0.2) is 9.50 Å². The van der Waals surface area contributed by atoms with Gasteiger partial charge >= 0.3 is 5.97 Å². The topological polar surface area (TPSA) is 69.4 Å². The molecule has 25 heavy (non-hydrogen) atoms. The highest BCUT2D eigenvalue weighted by atomic mass is 79.9. The van der Waals surface area contributed by atoms with E-state index in [-0.39, 0.29) is 12.4 Å². The molecule has 130 valence electrons. The zero-order valence-corrected chi connectivity index (χ0v) is 16.9. The van der Waals surface area contributed by atoms with Gasteiger partial charge in [0.2, 0.25) is 5.16 Å². The molecule has 2 aromatic heterocycles. The Bertz CT molecular complexity index is 976. The summed E-state index contributed by atoms with van der Waals surface area (Å²) in [5, 5.41) is 5.58. The summed E-state index contributed by atoms with van der Waals surface area (Å²) in [4.78, 5) is 21.1. The van der Waals surface area contributed by atoms with Gasteiger partial charge < -0.3 is 4.74 Å². The highest BCUT2D eigenvalue weighted by Crippen LogP contribution is 2.28. The molecule has 0 aliphatic heterocycles. The van der Waals surface area contributed by atoms with Crippen molar-refractivity contribution in [2.75, 3.05) is 6.26 Å². The molecule has 0 fully saturated rings. The van der Waals surface area contributed by atoms with Crippen LogP contribution >= 0.6 is 39.3 Å². The summed E-state index contributed by atoms with van der Waals surface area (Å²) in [5.41, 5.74) is 2.33. The van der Waals surface area contributed by atoms with E-state index < -0.39 is 0 Å². The van der Waals surface area contributed by atoms with E-state index in [0.29, 0.717) is 26.2 Å². The average molecular weight is 442 g/mol. The molecule has 0 aliphatic rings. The molecule has 0 bridgehead atoms. The maximum absolute atomic E-state index is 12.4. The number of carbonyl (C=O) groups is 1. The largest absolute Gasteiger partial charge is 0.425 e. The van der Waals surface area contributed by atoms with E-state index in [9.17, 15) is 4.79 Å². The van der Waals surface area contributed by atoms with Gasteiger partial charge in [-0.3, -0.25) is 4.79 Å². The molecule has 0 atom stereocenters. The van der Waals surface area contributed by atoms with Crippen molar-refractivity contribution in [3.63, 3.8) is 0 Å². The summed E-state index contributed by atoms with van der Waals surface area (Å²) in [7, 11) is 0. The van der Waals surface area contributed by atoms with Gasteiger partial charge in [-0.05, 0) is 54.2 Å². The molecule has 2 heterocycles. The second-order valence-corrected chi connectivity index (χ2v) is 7.36. The van der Waals surface area contributed by atoms with Crippen LogP contribution in [0.4, 0.5) is 0 Å². The number of hydrogen-bond acceptors (Lipinski definition) is 6. The molecule has 9 heteroatoms. The Morgan fingerprint density at radius 2 is 2.12 bits per heavy atom. The minimum Gasteiger partial charge on any atom is -0.425 e. The number of rotatable bonds is 4. The first-order valence-corrected chi connectivity index (χ1v) is 9.71. The van der Waals surface area contributed by atoms with E-state index in [1.54, 1.807) is 22.7 Å². The Morgan fingerprint density at radius 3 is 2.80 bits per heavy atom. The van der Waals surface area contributed by atoms with Gasteiger partial charge in [0.25, 0.3) is 5.78 Å². The number of carbonyl (C=O) groups excluding carboxylic acids is 1. The van der Waals surface area contributed by atoms with E-state index >= 15 is 0 Å². The standard InChI is InChI=1S/C16H14BrClN4O2S/c1-8-11(9(2)22-15(19-8)20-16(21-22)25-3)7-14(23)24-13-5-4-10(18)6-12(13)17/h4-6H,7H2,1-3H3. The van der Waals surface area contributed by atoms with Crippen LogP contribution in [0, 0.1) is 13.8 Å². The van der Waals surface area contributed by atoms with Crippen molar-refractivity contribution in [1.29, 1.82) is 0 Å². The minimum atomic E-state index is -0.388. The van der Waals surface area contributed by atoms with Gasteiger partial charge in [0, 0.05) is 22.0 Å². The number of aromatic nitrogens is 4. The van der Waals surface area contributed by atoms with E-state index in [0.717, 1.165) is 17.0 Å². The van der Waals surface area contributed by atoms with Crippen LogP contribution in [-0.2, 0) is 11.2 Å². The number of ether oxygens (including phenoxy) is 1. The van der Waals surface area contributed by atoms with Gasteiger partial charge in [-0.2, -0.15) is 4.98 Å². The molecule has 6 nitrogen and oxygen atoms in total. The SMILES string of the molecule is CSc1nc2nc(C)c(CC(=O)Oc3ccc(Cl)cc3Br)c(C)n2n1. The zero-order valence-electron chi connectivity index (χ0n) is 13.7. The molecule has 0 spiro atoms. The first kappa shape index (κ1) is 18.2. The minimum absolute atomic E-state index is 0.0874. The van der Waals surface area contributed by atoms with Crippen molar-refractivity contribution in [3.8, 4) is 5.75 Å². The van der Waals surface area contributed by atoms with Gasteiger partial charge in [0.05, 0.1) is 10.9 Å². The summed E-state index contributed by atoms with van der Waals surface area (Å²) < 4.78 is 7.70. The maximum atomic E-state index is 12.4. The highest BCUT2D eigenvalue weighted by molar-refractivity contribution is 9.10. The Morgan fingerprint density at radius 1 is 1.36 bits per heavy atom. The lowest BCUT2D eigenvalue weighted by Gasteiger charge is -2.11. The number of thioether (sulfide) groups is 1. The second-order valence-electron chi connectivity index (χ2n) is 5.30. The number of halogens is 2. The van der Waals surface area contributed by atoms with Crippen molar-refractivity contribution in [1.82, 2.24) is 19.6 Å². The molecule has 0 saturated carbocycles. The molecule has 0 saturated heterocycles. The number of aryl methyl sites for hydroxylation is 2. The number of hydrogen-bond donors (Lipinski definition) is 0. The maximum Gasteiger partial charge on any atom is 0.315 e. The quantitative estimate of drug-likeness (QED) is 0.346. The fourth-order valence-electron chi connectivity index (χ4n) is 2.39. The smallest absolute Gasteiger partial charge is 0.315 e. The molecule has 0 aliphatic carbocycles. The third-order valence-corrected chi connectivity index (χ3v) is 5.04. The summed E-state index contributed by atoms with van der Waals surface area (Å²) in [6.45, 7) is 3.74. The van der Waals surface area contributed by atoms with Crippen LogP contribution < -0.4 is 4.74 Å². The van der Waals surface area contributed by atoms with Crippen molar-refractivity contribution >= 4 is 51.0 Å². The molecular weight excluding hydrogens is 428 g/mol. The number of nitrogens with zero attached hydrogens (tertiary/aromatic N) is 4. The lowest BCUT2D eigenvalue weighted by molar-refractivity contribution is -0.133. The predicted molar refractivity (Wildman–Crippen MR) is 101 cm³/mol. The fourth-order valence-corrected chi connectivity index (χ4v) is 3.49. The zero-order chi connectivity index (χ0) is 18.1. The third kappa shape index (κ3) is 3.80. The van der Waals surface area contributed by atoms with Crippen LogP contribution in [0.1, 0.15) is 17.0 Å². The Labute approximate surface area is 162 Å². The van der Waals surface area contributed by atoms with Crippen LogP contribution in [0.3, 0.4) is 0 Å². The van der Waals surface area contributed by atoms with Gasteiger partial charge in [-0.15, -0.1) is 5.10 Å². The monoisotopic (exact) mass is 440 g/mol. The molecule has 0 radical (unpaired) electrons. The molecule has 0 amide bonds. The van der Waals surface area contributed by atoms with Crippen LogP contribution in [0.2, 0.25) is 5.02 Å². The Kier molecular flexibility index (Phi) is 5.31. The first-order chi connectivity index (χ1) is 11.9. The van der Waals surface area contributed by atoms with Crippen LogP contribution in [-0.4, -0.2) is 31.8 Å². The van der Waals surface area contributed by atoms with E-state index in [4.69, 9.17) is 16.3 Å². The molecule has 0 unspecified atom stereocenters. The average Bonchev–Trinajstić information content (AvgIpc) is 2.97. The van der Waals surface area contributed by atoms with Crippen molar-refractivity contribution in [3.05, 3.63) is 44.6 Å². The highest BCUT2D eigenvalue weighted by Gasteiger charge is 2.17. The summed E-state index contributed by atoms with van der Waals surface area (Å²) >= 11 is 10.7.